The van der Waals surface area contributed by atoms with Crippen LogP contribution in [-0.4, -0.2) is 12.4 Å². The van der Waals surface area contributed by atoms with Crippen LogP contribution < -0.4 is 0 Å². The molecule has 0 N–H and O–H groups in total. The van der Waals surface area contributed by atoms with Crippen molar-refractivity contribution in [2.75, 3.05) is 0 Å². The number of nitriles is 1. The Balaban J connectivity index is 5.00. The van der Waals surface area contributed by atoms with Gasteiger partial charge in [-0.05, 0) is 0 Å². The van der Waals surface area contributed by atoms with Crippen molar-refractivity contribution in [2.45, 2.75) is 12.4 Å². The summed E-state index contributed by atoms with van der Waals surface area (Å²) in [5, 5.41) is 7.64. The van der Waals surface area contributed by atoms with Crippen LogP contribution in [0.4, 0.5) is 26.3 Å². The van der Waals surface area contributed by atoms with E-state index in [0.29, 0.717) is 6.07 Å². The Morgan fingerprint density at radius 1 is 1.00 bits per heavy atom. The van der Waals surface area contributed by atoms with E-state index in [4.69, 9.17) is 5.26 Å². The fourth-order valence-electron chi connectivity index (χ4n) is 0.389. The van der Waals surface area contributed by atoms with Gasteiger partial charge in [-0.1, -0.05) is 0 Å². The lowest BCUT2D eigenvalue weighted by atomic mass is 10.2. The zero-order chi connectivity index (χ0) is 9.99. The Morgan fingerprint density at radius 2 is 1.33 bits per heavy atom. The highest BCUT2D eigenvalue weighted by molar-refractivity contribution is 5.22. The molecule has 0 atom stereocenters. The van der Waals surface area contributed by atoms with Crippen LogP contribution in [0.25, 0.3) is 0 Å². The van der Waals surface area contributed by atoms with Crippen LogP contribution in [0.2, 0.25) is 0 Å². The van der Waals surface area contributed by atoms with E-state index in [-0.39, 0.29) is 0 Å². The van der Waals surface area contributed by atoms with E-state index in [0.717, 1.165) is 0 Å². The summed E-state index contributed by atoms with van der Waals surface area (Å²) in [4.78, 5) is 0. The molecule has 0 aliphatic rings. The molecule has 12 heavy (non-hydrogen) atoms. The molecule has 0 aromatic heterocycles. The molecule has 0 amide bonds. The first-order chi connectivity index (χ1) is 5.19. The third-order valence-corrected chi connectivity index (χ3v) is 0.820. The standard InChI is InChI=1S/C5HF6N/c6-4(7,8)3(1-2-12)5(9,10)11/h1H. The van der Waals surface area contributed by atoms with E-state index in [9.17, 15) is 26.3 Å². The van der Waals surface area contributed by atoms with Crippen molar-refractivity contribution >= 4 is 0 Å². The lowest BCUT2D eigenvalue weighted by molar-refractivity contribution is -0.171. The molecule has 0 saturated carbocycles. The van der Waals surface area contributed by atoms with E-state index in [1.165, 1.54) is 0 Å². The number of hydrogen-bond donors (Lipinski definition) is 0. The number of nitrogens with zero attached hydrogens (tertiary/aromatic N) is 1. The first kappa shape index (κ1) is 10.8. The van der Waals surface area contributed by atoms with E-state index >= 15 is 0 Å². The minimum Gasteiger partial charge on any atom is -0.193 e. The maximum absolute atomic E-state index is 11.5. The molecule has 0 unspecified atom stereocenters. The summed E-state index contributed by atoms with van der Waals surface area (Å²) in [5.74, 6) is 0. The van der Waals surface area contributed by atoms with Crippen LogP contribution in [-0.2, 0) is 0 Å². The van der Waals surface area contributed by atoms with E-state index in [2.05, 4.69) is 0 Å². The summed E-state index contributed by atoms with van der Waals surface area (Å²) in [5.41, 5.74) is -2.79. The van der Waals surface area contributed by atoms with Crippen molar-refractivity contribution in [1.82, 2.24) is 0 Å². The van der Waals surface area contributed by atoms with Crippen molar-refractivity contribution in [3.8, 4) is 6.07 Å². The SMILES string of the molecule is N#CC=C(C(F)(F)F)C(F)(F)F. The molecule has 0 radical (unpaired) electrons. The van der Waals surface area contributed by atoms with Crippen LogP contribution in [0.15, 0.2) is 11.6 Å². The predicted octanol–water partition coefficient (Wildman–Crippen LogP) is 2.56. The van der Waals surface area contributed by atoms with Gasteiger partial charge in [0.15, 0.2) is 0 Å². The number of alkyl halides is 6. The molecule has 0 aliphatic carbocycles. The Kier molecular flexibility index (Phi) is 2.74. The molecule has 68 valence electrons. The van der Waals surface area contributed by atoms with Crippen LogP contribution in [0.5, 0.6) is 0 Å². The number of hydrogen-bond acceptors (Lipinski definition) is 1. The van der Waals surface area contributed by atoms with Gasteiger partial charge in [-0.2, -0.15) is 31.6 Å². The maximum Gasteiger partial charge on any atom is 0.422 e. The first-order valence-corrected chi connectivity index (χ1v) is 2.43. The van der Waals surface area contributed by atoms with Gasteiger partial charge in [-0.25, -0.2) is 0 Å². The molecule has 0 heterocycles. The Morgan fingerprint density at radius 3 is 1.42 bits per heavy atom. The van der Waals surface area contributed by atoms with Crippen molar-refractivity contribution in [3.63, 3.8) is 0 Å². The normalized spacial score (nSPS) is 12.1. The van der Waals surface area contributed by atoms with Crippen molar-refractivity contribution < 1.29 is 26.3 Å². The summed E-state index contributed by atoms with van der Waals surface area (Å²) in [6.45, 7) is 0. The Labute approximate surface area is 62.9 Å². The van der Waals surface area contributed by atoms with Gasteiger partial charge in [0.2, 0.25) is 0 Å². The minimum atomic E-state index is -5.53. The van der Waals surface area contributed by atoms with Crippen molar-refractivity contribution in [2.24, 2.45) is 0 Å². The van der Waals surface area contributed by atoms with Gasteiger partial charge in [-0.3, -0.25) is 0 Å². The topological polar surface area (TPSA) is 23.8 Å². The molecule has 0 aromatic rings. The number of halogens is 6. The molecular formula is C5HF6N. The first-order valence-electron chi connectivity index (χ1n) is 2.43. The highest BCUT2D eigenvalue weighted by Crippen LogP contribution is 2.38. The maximum atomic E-state index is 11.5. The summed E-state index contributed by atoms with van der Waals surface area (Å²) >= 11 is 0. The van der Waals surface area contributed by atoms with Gasteiger partial charge < -0.3 is 0 Å². The lowest BCUT2D eigenvalue weighted by Crippen LogP contribution is -2.25. The zero-order valence-electron chi connectivity index (χ0n) is 5.29. The number of allylic oxidation sites excluding steroid dienone is 2. The summed E-state index contributed by atoms with van der Waals surface area (Å²) in [6.07, 6.45) is -11.6. The molecule has 1 nitrogen and oxygen atoms in total. The highest BCUT2D eigenvalue weighted by atomic mass is 19.4. The summed E-state index contributed by atoms with van der Waals surface area (Å²) in [7, 11) is 0. The van der Waals surface area contributed by atoms with Crippen LogP contribution in [0.1, 0.15) is 0 Å². The van der Waals surface area contributed by atoms with Gasteiger partial charge in [0.1, 0.15) is 5.57 Å². The van der Waals surface area contributed by atoms with Crippen molar-refractivity contribution in [3.05, 3.63) is 11.6 Å². The molecule has 0 spiro atoms. The predicted molar refractivity (Wildman–Crippen MR) is 25.8 cm³/mol. The molecule has 7 heteroatoms. The molecule has 0 fully saturated rings. The summed E-state index contributed by atoms with van der Waals surface area (Å²) < 4.78 is 68.8. The summed E-state index contributed by atoms with van der Waals surface area (Å²) in [6, 6.07) is 0.679. The third kappa shape index (κ3) is 2.82. The average molecular weight is 189 g/mol. The Hall–Kier alpha value is -1.19. The van der Waals surface area contributed by atoms with Gasteiger partial charge in [0.05, 0.1) is 6.07 Å². The minimum absolute atomic E-state index is 0.569. The van der Waals surface area contributed by atoms with Crippen molar-refractivity contribution in [1.29, 1.82) is 5.26 Å². The third-order valence-electron chi connectivity index (χ3n) is 0.820. The molecule has 0 aliphatic heterocycles. The molecular weight excluding hydrogens is 188 g/mol. The van der Waals surface area contributed by atoms with Gasteiger partial charge in [0, 0.05) is 6.08 Å². The second-order valence-electron chi connectivity index (χ2n) is 1.68. The van der Waals surface area contributed by atoms with Gasteiger partial charge >= 0.3 is 12.4 Å². The van der Waals surface area contributed by atoms with Crippen LogP contribution in [0.3, 0.4) is 0 Å². The van der Waals surface area contributed by atoms with Crippen LogP contribution in [0, 0.1) is 11.3 Å². The molecule has 0 saturated heterocycles. The van der Waals surface area contributed by atoms with E-state index < -0.39 is 24.0 Å². The molecule has 0 bridgehead atoms. The second-order valence-corrected chi connectivity index (χ2v) is 1.68. The lowest BCUT2D eigenvalue weighted by Gasteiger charge is -2.12. The fraction of sp³-hybridized carbons (Fsp3) is 0.400. The molecule has 0 rings (SSSR count). The second kappa shape index (κ2) is 3.05. The van der Waals surface area contributed by atoms with E-state index in [1.807, 2.05) is 0 Å². The van der Waals surface area contributed by atoms with Gasteiger partial charge in [-0.15, -0.1) is 0 Å². The Bertz CT molecular complexity index is 210. The monoisotopic (exact) mass is 189 g/mol. The number of rotatable bonds is 0. The zero-order valence-corrected chi connectivity index (χ0v) is 5.29. The smallest absolute Gasteiger partial charge is 0.193 e. The molecule has 0 aromatic carbocycles. The van der Waals surface area contributed by atoms with Crippen LogP contribution >= 0.6 is 0 Å². The van der Waals surface area contributed by atoms with E-state index in [1.54, 1.807) is 0 Å². The highest BCUT2D eigenvalue weighted by Gasteiger charge is 2.50. The fourth-order valence-corrected chi connectivity index (χ4v) is 0.389. The van der Waals surface area contributed by atoms with Gasteiger partial charge in [0.25, 0.3) is 0 Å². The largest absolute Gasteiger partial charge is 0.422 e. The quantitative estimate of drug-likeness (QED) is 0.424. The average Bonchev–Trinajstić information content (AvgIpc) is 1.77.